The molecule has 0 radical (unpaired) electrons. The fraction of sp³-hybridized carbons (Fsp3) is 0.474. The molecule has 136 valence electrons. The van der Waals surface area contributed by atoms with Gasteiger partial charge in [0.15, 0.2) is 5.78 Å². The third-order valence-corrected chi connectivity index (χ3v) is 4.42. The molecule has 1 aromatic carbocycles. The van der Waals surface area contributed by atoms with E-state index in [0.717, 1.165) is 26.1 Å². The third kappa shape index (κ3) is 4.02. The molecule has 0 saturated carbocycles. The van der Waals surface area contributed by atoms with E-state index in [2.05, 4.69) is 24.1 Å². The fourth-order valence-electron chi connectivity index (χ4n) is 2.98. The molecule has 1 aliphatic carbocycles. The molecule has 0 amide bonds. The van der Waals surface area contributed by atoms with Crippen LogP contribution in [0.25, 0.3) is 0 Å². The number of ether oxygens (including phenoxy) is 2. The Balaban J connectivity index is 2.15. The van der Waals surface area contributed by atoms with E-state index in [1.807, 2.05) is 0 Å². The number of rotatable bonds is 9. The highest BCUT2D eigenvalue weighted by Crippen LogP contribution is 2.35. The molecule has 1 aromatic rings. The predicted molar refractivity (Wildman–Crippen MR) is 96.7 cm³/mol. The number of allylic oxidation sites excluding steroid dienone is 2. The zero-order valence-electron chi connectivity index (χ0n) is 15.3. The van der Waals surface area contributed by atoms with Crippen molar-refractivity contribution in [1.82, 2.24) is 10.2 Å². The Hall–Kier alpha value is -2.34. The summed E-state index contributed by atoms with van der Waals surface area (Å²) in [5, 5.41) is 3.10. The lowest BCUT2D eigenvalue weighted by Gasteiger charge is -2.21. The molecule has 0 saturated heterocycles. The van der Waals surface area contributed by atoms with Gasteiger partial charge in [-0.1, -0.05) is 13.8 Å². The van der Waals surface area contributed by atoms with E-state index in [0.29, 0.717) is 23.7 Å². The molecule has 1 aliphatic rings. The summed E-state index contributed by atoms with van der Waals surface area (Å²) in [6.07, 6.45) is 2.24. The van der Waals surface area contributed by atoms with Gasteiger partial charge in [0, 0.05) is 12.6 Å². The second kappa shape index (κ2) is 8.67. The zero-order valence-corrected chi connectivity index (χ0v) is 15.3. The van der Waals surface area contributed by atoms with Crippen LogP contribution in [0, 0.1) is 0 Å². The van der Waals surface area contributed by atoms with Crippen LogP contribution in [0.2, 0.25) is 0 Å². The summed E-state index contributed by atoms with van der Waals surface area (Å²) in [5.41, 5.74) is 0.838. The molecule has 0 fully saturated rings. The standard InChI is InChI=1S/C19H26N2O4/c1-5-21(6-2)11-7-10-20-13-12-14(22)17-15(24-3)8-9-16(25-4)18(17)19(13)23/h8-9,12,20H,5-7,10-11H2,1-4H3. The second-order valence-corrected chi connectivity index (χ2v) is 5.78. The molecule has 0 spiro atoms. The number of fused-ring (bicyclic) bond motifs is 1. The van der Waals surface area contributed by atoms with Crippen LogP contribution in [-0.4, -0.2) is 56.9 Å². The normalized spacial score (nSPS) is 13.6. The highest BCUT2D eigenvalue weighted by atomic mass is 16.5. The maximum absolute atomic E-state index is 12.8. The Morgan fingerprint density at radius 2 is 1.60 bits per heavy atom. The molecule has 0 atom stereocenters. The second-order valence-electron chi connectivity index (χ2n) is 5.78. The zero-order chi connectivity index (χ0) is 18.4. The van der Waals surface area contributed by atoms with E-state index >= 15 is 0 Å². The van der Waals surface area contributed by atoms with Crippen molar-refractivity contribution in [2.45, 2.75) is 20.3 Å². The Kier molecular flexibility index (Phi) is 6.58. The van der Waals surface area contributed by atoms with Crippen LogP contribution >= 0.6 is 0 Å². The molecule has 0 bridgehead atoms. The summed E-state index contributed by atoms with van der Waals surface area (Å²) < 4.78 is 10.5. The van der Waals surface area contributed by atoms with Crippen LogP contribution < -0.4 is 14.8 Å². The number of methoxy groups -OCH3 is 2. The van der Waals surface area contributed by atoms with Crippen molar-refractivity contribution in [3.8, 4) is 11.5 Å². The van der Waals surface area contributed by atoms with Gasteiger partial charge in [0.2, 0.25) is 5.78 Å². The smallest absolute Gasteiger partial charge is 0.213 e. The quantitative estimate of drug-likeness (QED) is 0.692. The number of nitrogens with one attached hydrogen (secondary N) is 1. The molecule has 1 N–H and O–H groups in total. The van der Waals surface area contributed by atoms with E-state index in [4.69, 9.17) is 9.47 Å². The van der Waals surface area contributed by atoms with Gasteiger partial charge in [-0.2, -0.15) is 0 Å². The minimum Gasteiger partial charge on any atom is -0.496 e. The van der Waals surface area contributed by atoms with Gasteiger partial charge < -0.3 is 19.7 Å². The molecular formula is C19H26N2O4. The van der Waals surface area contributed by atoms with E-state index in [-0.39, 0.29) is 22.7 Å². The first-order valence-corrected chi connectivity index (χ1v) is 8.59. The maximum atomic E-state index is 12.8. The van der Waals surface area contributed by atoms with Crippen molar-refractivity contribution in [2.24, 2.45) is 0 Å². The highest BCUT2D eigenvalue weighted by Gasteiger charge is 2.31. The van der Waals surface area contributed by atoms with Gasteiger partial charge in [0.25, 0.3) is 0 Å². The Labute approximate surface area is 148 Å². The number of Topliss-reactive ketones (excluding diaryl/α,β-unsaturated/α-hetero) is 1. The first-order chi connectivity index (χ1) is 12.1. The van der Waals surface area contributed by atoms with Crippen LogP contribution in [0.15, 0.2) is 23.9 Å². The number of carbonyl (C=O) groups is 2. The molecule has 25 heavy (non-hydrogen) atoms. The van der Waals surface area contributed by atoms with Crippen LogP contribution in [-0.2, 0) is 0 Å². The Bertz CT molecular complexity index is 678. The van der Waals surface area contributed by atoms with Crippen LogP contribution in [0.5, 0.6) is 11.5 Å². The number of benzene rings is 1. The maximum Gasteiger partial charge on any atom is 0.213 e. The molecular weight excluding hydrogens is 320 g/mol. The molecule has 0 aliphatic heterocycles. The molecule has 0 aromatic heterocycles. The van der Waals surface area contributed by atoms with Crippen molar-refractivity contribution in [1.29, 1.82) is 0 Å². The van der Waals surface area contributed by atoms with Crippen LogP contribution in [0.3, 0.4) is 0 Å². The minimum atomic E-state index is -0.253. The van der Waals surface area contributed by atoms with Crippen LogP contribution in [0.4, 0.5) is 0 Å². The third-order valence-electron chi connectivity index (χ3n) is 4.42. The van der Waals surface area contributed by atoms with Gasteiger partial charge in [-0.15, -0.1) is 0 Å². The molecule has 0 unspecified atom stereocenters. The lowest BCUT2D eigenvalue weighted by Crippen LogP contribution is -2.31. The van der Waals surface area contributed by atoms with E-state index in [9.17, 15) is 9.59 Å². The average Bonchev–Trinajstić information content (AvgIpc) is 2.64. The van der Waals surface area contributed by atoms with E-state index in [1.165, 1.54) is 20.3 Å². The predicted octanol–water partition coefficient (Wildman–Crippen LogP) is 2.29. The van der Waals surface area contributed by atoms with Crippen molar-refractivity contribution in [2.75, 3.05) is 40.4 Å². The lowest BCUT2D eigenvalue weighted by atomic mass is 9.91. The van der Waals surface area contributed by atoms with Gasteiger partial charge in [0.05, 0.1) is 31.0 Å². The van der Waals surface area contributed by atoms with E-state index < -0.39 is 0 Å². The monoisotopic (exact) mass is 346 g/mol. The first-order valence-electron chi connectivity index (χ1n) is 8.59. The Morgan fingerprint density at radius 3 is 2.16 bits per heavy atom. The summed E-state index contributed by atoms with van der Waals surface area (Å²) in [6.45, 7) is 7.83. The number of carbonyl (C=O) groups excluding carboxylic acids is 2. The van der Waals surface area contributed by atoms with Crippen molar-refractivity contribution in [3.05, 3.63) is 35.0 Å². The van der Waals surface area contributed by atoms with Crippen molar-refractivity contribution in [3.63, 3.8) is 0 Å². The van der Waals surface area contributed by atoms with Gasteiger partial charge in [0.1, 0.15) is 11.5 Å². The number of ketones is 2. The van der Waals surface area contributed by atoms with Gasteiger partial charge >= 0.3 is 0 Å². The molecule has 6 nitrogen and oxygen atoms in total. The summed E-state index contributed by atoms with van der Waals surface area (Å²) >= 11 is 0. The summed E-state index contributed by atoms with van der Waals surface area (Å²) in [4.78, 5) is 27.6. The summed E-state index contributed by atoms with van der Waals surface area (Å²) in [5.74, 6) is 0.264. The molecule has 0 heterocycles. The largest absolute Gasteiger partial charge is 0.496 e. The topological polar surface area (TPSA) is 67.9 Å². The molecule has 2 rings (SSSR count). The van der Waals surface area contributed by atoms with E-state index in [1.54, 1.807) is 12.1 Å². The number of hydrogen-bond donors (Lipinski definition) is 1. The number of hydrogen-bond acceptors (Lipinski definition) is 6. The van der Waals surface area contributed by atoms with Gasteiger partial charge in [-0.25, -0.2) is 0 Å². The lowest BCUT2D eigenvalue weighted by molar-refractivity contribution is 0.0973. The highest BCUT2D eigenvalue weighted by molar-refractivity contribution is 6.26. The van der Waals surface area contributed by atoms with Crippen LogP contribution in [0.1, 0.15) is 41.0 Å². The SMILES string of the molecule is CCN(CC)CCCNC1=CC(=O)c2c(OC)ccc(OC)c2C1=O. The van der Waals surface area contributed by atoms with Gasteiger partial charge in [-0.3, -0.25) is 9.59 Å². The first kappa shape index (κ1) is 19.0. The van der Waals surface area contributed by atoms with Crippen molar-refractivity contribution >= 4 is 11.6 Å². The Morgan fingerprint density at radius 1 is 1.00 bits per heavy atom. The summed E-state index contributed by atoms with van der Waals surface area (Å²) in [7, 11) is 2.96. The van der Waals surface area contributed by atoms with Gasteiger partial charge in [-0.05, 0) is 38.2 Å². The number of nitrogens with zero attached hydrogens (tertiary/aromatic N) is 1. The van der Waals surface area contributed by atoms with Crippen molar-refractivity contribution < 1.29 is 19.1 Å². The summed E-state index contributed by atoms with van der Waals surface area (Å²) in [6, 6.07) is 3.28. The minimum absolute atomic E-state index is 0.242. The molecule has 6 heteroatoms. The average molecular weight is 346 g/mol. The fourth-order valence-corrected chi connectivity index (χ4v) is 2.98.